The molecule has 0 saturated heterocycles. The lowest BCUT2D eigenvalue weighted by Gasteiger charge is -2.40. The van der Waals surface area contributed by atoms with Crippen LogP contribution >= 0.6 is 0 Å². The lowest BCUT2D eigenvalue weighted by Crippen LogP contribution is -2.40. The zero-order valence-electron chi connectivity index (χ0n) is 19.8. The lowest BCUT2D eigenvalue weighted by molar-refractivity contribution is -0.117. The summed E-state index contributed by atoms with van der Waals surface area (Å²) in [5.74, 6) is 1.09. The van der Waals surface area contributed by atoms with Gasteiger partial charge in [-0.15, -0.1) is 0 Å². The number of ketones is 1. The molecule has 3 N–H and O–H groups in total. The molecule has 1 aromatic heterocycles. The van der Waals surface area contributed by atoms with E-state index in [2.05, 4.69) is 23.2 Å². The van der Waals surface area contributed by atoms with Gasteiger partial charge in [0, 0.05) is 29.3 Å². The Labute approximate surface area is 204 Å². The number of aromatic nitrogens is 2. The average molecular weight is 466 g/mol. The van der Waals surface area contributed by atoms with Gasteiger partial charge in [-0.1, -0.05) is 55.5 Å². The Morgan fingerprint density at radius 3 is 2.66 bits per heavy atom. The number of aromatic amines is 1. The first-order valence-corrected chi connectivity index (χ1v) is 11.8. The number of anilines is 1. The molecule has 0 spiro atoms. The van der Waals surface area contributed by atoms with Crippen LogP contribution in [0.25, 0.3) is 11.3 Å². The third-order valence-corrected chi connectivity index (χ3v) is 6.58. The number of rotatable bonds is 5. The molecule has 5 rings (SSSR count). The summed E-state index contributed by atoms with van der Waals surface area (Å²) in [5, 5.41) is 17.9. The Morgan fingerprint density at radius 1 is 1.17 bits per heavy atom. The highest BCUT2D eigenvalue weighted by molar-refractivity contribution is 6.01. The van der Waals surface area contributed by atoms with Crippen molar-refractivity contribution in [3.05, 3.63) is 88.9 Å². The van der Waals surface area contributed by atoms with Gasteiger partial charge in [0.2, 0.25) is 0 Å². The highest BCUT2D eigenvalue weighted by atomic mass is 16.5. The van der Waals surface area contributed by atoms with Gasteiger partial charge in [-0.25, -0.2) is 0 Å². The summed E-state index contributed by atoms with van der Waals surface area (Å²) in [5.41, 5.74) is 11.0. The minimum atomic E-state index is -0.582. The number of nitrogens with two attached hydrogens (primary N) is 1. The van der Waals surface area contributed by atoms with E-state index in [1.54, 1.807) is 4.90 Å². The van der Waals surface area contributed by atoms with Crippen LogP contribution in [0.5, 0.6) is 5.75 Å². The second-order valence-corrected chi connectivity index (χ2v) is 8.95. The molecule has 2 aliphatic rings. The highest BCUT2D eigenvalue weighted by Gasteiger charge is 2.43. The van der Waals surface area contributed by atoms with E-state index < -0.39 is 5.92 Å². The smallest absolute Gasteiger partial charge is 0.161 e. The van der Waals surface area contributed by atoms with Crippen molar-refractivity contribution in [1.29, 1.82) is 5.26 Å². The van der Waals surface area contributed by atoms with Crippen molar-refractivity contribution >= 4 is 11.6 Å². The zero-order valence-corrected chi connectivity index (χ0v) is 19.8. The molecule has 1 aliphatic carbocycles. The Hall–Kier alpha value is -4.31. The molecule has 35 heavy (non-hydrogen) atoms. The van der Waals surface area contributed by atoms with Crippen LogP contribution in [0.2, 0.25) is 0 Å². The lowest BCUT2D eigenvalue weighted by atomic mass is 9.73. The number of nitriles is 1. The van der Waals surface area contributed by atoms with Crippen molar-refractivity contribution in [1.82, 2.24) is 10.2 Å². The van der Waals surface area contributed by atoms with Gasteiger partial charge < -0.3 is 10.5 Å². The number of nitrogens with one attached hydrogen (secondary N) is 1. The molecule has 2 atom stereocenters. The van der Waals surface area contributed by atoms with Crippen molar-refractivity contribution in [3.63, 3.8) is 0 Å². The molecule has 0 bridgehead atoms. The van der Waals surface area contributed by atoms with Gasteiger partial charge in [-0.2, -0.15) is 10.4 Å². The Balaban J connectivity index is 1.70. The Bertz CT molecular complexity index is 1380. The number of ether oxygens (including phenoxy) is 1. The van der Waals surface area contributed by atoms with Gasteiger partial charge in [-0.05, 0) is 30.9 Å². The summed E-state index contributed by atoms with van der Waals surface area (Å²) >= 11 is 0. The molecule has 0 radical (unpaired) electrons. The second-order valence-electron chi connectivity index (χ2n) is 8.95. The second kappa shape index (κ2) is 9.15. The summed E-state index contributed by atoms with van der Waals surface area (Å²) in [6.07, 6.45) is 1.08. The van der Waals surface area contributed by atoms with Crippen molar-refractivity contribution < 1.29 is 9.53 Å². The first kappa shape index (κ1) is 22.5. The van der Waals surface area contributed by atoms with Crippen LogP contribution in [0.4, 0.5) is 5.82 Å². The highest BCUT2D eigenvalue weighted by Crippen LogP contribution is 2.49. The standard InChI is InChI=1S/C28H27N5O2/c1-3-35-24-12-8-7-11-19(24)26-20(16-29)28(30)33(22-13-17(2)14-23(34)27(22)26)25-15-21(31-32-25)18-9-5-4-6-10-18/h4-12,15,17,26H,3,13-14,30H2,1-2H3,(H,31,32). The fourth-order valence-corrected chi connectivity index (χ4v) is 5.09. The van der Waals surface area contributed by atoms with E-state index in [1.807, 2.05) is 67.6 Å². The van der Waals surface area contributed by atoms with Crippen LogP contribution in [0.3, 0.4) is 0 Å². The fourth-order valence-electron chi connectivity index (χ4n) is 5.09. The van der Waals surface area contributed by atoms with E-state index in [0.29, 0.717) is 42.2 Å². The van der Waals surface area contributed by atoms with Crippen LogP contribution < -0.4 is 15.4 Å². The maximum atomic E-state index is 13.5. The number of hydrogen-bond acceptors (Lipinski definition) is 6. The largest absolute Gasteiger partial charge is 0.494 e. The summed E-state index contributed by atoms with van der Waals surface area (Å²) in [4.78, 5) is 15.3. The van der Waals surface area contributed by atoms with Gasteiger partial charge in [0.1, 0.15) is 11.6 Å². The van der Waals surface area contributed by atoms with E-state index >= 15 is 0 Å². The minimum Gasteiger partial charge on any atom is -0.494 e. The molecule has 0 amide bonds. The maximum absolute atomic E-state index is 13.5. The Morgan fingerprint density at radius 2 is 1.91 bits per heavy atom. The Kier molecular flexibility index (Phi) is 5.87. The zero-order chi connectivity index (χ0) is 24.5. The molecule has 0 saturated carbocycles. The van der Waals surface area contributed by atoms with Crippen molar-refractivity contribution in [2.75, 3.05) is 11.5 Å². The van der Waals surface area contributed by atoms with Crippen molar-refractivity contribution in [3.8, 4) is 23.1 Å². The molecule has 1 aliphatic heterocycles. The van der Waals surface area contributed by atoms with Crippen molar-refractivity contribution in [2.24, 2.45) is 11.7 Å². The number of nitrogens with zero attached hydrogens (tertiary/aromatic N) is 3. The third kappa shape index (κ3) is 3.87. The first-order chi connectivity index (χ1) is 17.0. The van der Waals surface area contributed by atoms with E-state index in [1.165, 1.54) is 0 Å². The SMILES string of the molecule is CCOc1ccccc1C1C(C#N)=C(N)N(c2cc(-c3ccccc3)[nH]n2)C2=C1C(=O)CC(C)C2. The van der Waals surface area contributed by atoms with E-state index in [0.717, 1.165) is 22.5 Å². The number of carbonyl (C=O) groups is 1. The number of benzene rings is 2. The van der Waals surface area contributed by atoms with Gasteiger partial charge in [-0.3, -0.25) is 14.8 Å². The summed E-state index contributed by atoms with van der Waals surface area (Å²) in [6.45, 7) is 4.45. The van der Waals surface area contributed by atoms with Gasteiger partial charge in [0.05, 0.1) is 29.9 Å². The van der Waals surface area contributed by atoms with E-state index in [-0.39, 0.29) is 17.5 Å². The van der Waals surface area contributed by atoms with Crippen LogP contribution in [0, 0.1) is 17.2 Å². The van der Waals surface area contributed by atoms with Gasteiger partial charge in [0.25, 0.3) is 0 Å². The fraction of sp³-hybridized carbons (Fsp3) is 0.250. The topological polar surface area (TPSA) is 108 Å². The molecular weight excluding hydrogens is 438 g/mol. The number of para-hydroxylation sites is 1. The number of hydrogen-bond donors (Lipinski definition) is 2. The predicted octanol–water partition coefficient (Wildman–Crippen LogP) is 5.03. The van der Waals surface area contributed by atoms with E-state index in [4.69, 9.17) is 10.5 Å². The number of allylic oxidation sites excluding steroid dienone is 3. The molecule has 2 heterocycles. The quantitative estimate of drug-likeness (QED) is 0.547. The average Bonchev–Trinajstić information content (AvgIpc) is 3.34. The molecule has 7 nitrogen and oxygen atoms in total. The van der Waals surface area contributed by atoms with Gasteiger partial charge in [0.15, 0.2) is 11.6 Å². The van der Waals surface area contributed by atoms with Gasteiger partial charge >= 0.3 is 0 Å². The summed E-state index contributed by atoms with van der Waals surface area (Å²) in [7, 11) is 0. The number of Topliss-reactive ketones (excluding diaryl/α,β-unsaturated/α-hetero) is 1. The van der Waals surface area contributed by atoms with Crippen LogP contribution in [-0.4, -0.2) is 22.6 Å². The number of carbonyl (C=O) groups excluding carboxylic acids is 1. The van der Waals surface area contributed by atoms with Crippen molar-refractivity contribution in [2.45, 2.75) is 32.6 Å². The third-order valence-electron chi connectivity index (χ3n) is 6.58. The molecule has 2 unspecified atom stereocenters. The van der Waals surface area contributed by atoms with Crippen LogP contribution in [0.1, 0.15) is 38.2 Å². The summed E-state index contributed by atoms with van der Waals surface area (Å²) in [6, 6.07) is 21.6. The summed E-state index contributed by atoms with van der Waals surface area (Å²) < 4.78 is 5.88. The minimum absolute atomic E-state index is 0.0270. The van der Waals surface area contributed by atoms with E-state index in [9.17, 15) is 10.1 Å². The monoisotopic (exact) mass is 465 g/mol. The molecule has 0 fully saturated rings. The molecule has 176 valence electrons. The first-order valence-electron chi connectivity index (χ1n) is 11.8. The normalized spacial score (nSPS) is 20.0. The molecular formula is C28H27N5O2. The molecule has 7 heteroatoms. The predicted molar refractivity (Wildman–Crippen MR) is 134 cm³/mol. The van der Waals surface area contributed by atoms with Crippen LogP contribution in [0.15, 0.2) is 83.3 Å². The van der Waals surface area contributed by atoms with Crippen LogP contribution in [-0.2, 0) is 4.79 Å². The maximum Gasteiger partial charge on any atom is 0.161 e. The number of H-pyrrole nitrogens is 1. The molecule has 3 aromatic rings. The molecule has 2 aromatic carbocycles.